The Morgan fingerprint density at radius 1 is 0.875 bits per heavy atom. The second-order valence-corrected chi connectivity index (χ2v) is 9.24. The van der Waals surface area contributed by atoms with E-state index in [1.165, 1.54) is 77.0 Å². The van der Waals surface area contributed by atoms with Gasteiger partial charge in [-0.3, -0.25) is 0 Å². The molecule has 1 heteroatoms. The predicted molar refractivity (Wildman–Crippen MR) is 104 cm³/mol. The zero-order valence-corrected chi connectivity index (χ0v) is 16.7. The molecule has 2 fully saturated rings. The molecule has 2 aliphatic carbocycles. The van der Waals surface area contributed by atoms with Gasteiger partial charge in [0.25, 0.3) is 0 Å². The molecule has 138 valence electrons. The number of hydrogen-bond donors (Lipinski definition) is 0. The molecule has 0 aromatic carbocycles. The van der Waals surface area contributed by atoms with Gasteiger partial charge in [-0.05, 0) is 62.2 Å². The molecular formula is C23H41N. The molecule has 0 N–H and O–H groups in total. The molecule has 0 aromatic rings. The minimum Gasteiger partial charge on any atom is -0.198 e. The van der Waals surface area contributed by atoms with Crippen LogP contribution in [0, 0.1) is 40.4 Å². The average Bonchev–Trinajstić information content (AvgIpc) is 2.62. The Bertz CT molecular complexity index is 375. The Balaban J connectivity index is 1.66. The molecule has 0 radical (unpaired) electrons. The summed E-state index contributed by atoms with van der Waals surface area (Å²) in [6.07, 6.45) is 19.5. The number of hydrogen-bond acceptors (Lipinski definition) is 1. The first kappa shape index (κ1) is 19.8. The lowest BCUT2D eigenvalue weighted by Gasteiger charge is -2.42. The van der Waals surface area contributed by atoms with E-state index in [0.717, 1.165) is 30.6 Å². The molecule has 0 heterocycles. The third-order valence-electron chi connectivity index (χ3n) is 7.52. The predicted octanol–water partition coefficient (Wildman–Crippen LogP) is 7.51. The number of nitrogens with zero attached hydrogens (tertiary/aromatic N) is 1. The molecule has 24 heavy (non-hydrogen) atoms. The van der Waals surface area contributed by atoms with Crippen molar-refractivity contribution < 1.29 is 0 Å². The summed E-state index contributed by atoms with van der Waals surface area (Å²) in [5, 5.41) is 9.63. The van der Waals surface area contributed by atoms with Crippen molar-refractivity contribution in [2.45, 2.75) is 111 Å². The van der Waals surface area contributed by atoms with Gasteiger partial charge in [0, 0.05) is 0 Å². The summed E-state index contributed by atoms with van der Waals surface area (Å²) in [5.41, 5.74) is -0.00775. The minimum atomic E-state index is -0.00775. The van der Waals surface area contributed by atoms with Crippen LogP contribution in [-0.4, -0.2) is 0 Å². The maximum Gasteiger partial charge on any atom is 0.0692 e. The van der Waals surface area contributed by atoms with Crippen LogP contribution in [0.2, 0.25) is 0 Å². The summed E-state index contributed by atoms with van der Waals surface area (Å²) in [7, 11) is 0. The normalized spacial score (nSPS) is 34.2. The second-order valence-electron chi connectivity index (χ2n) is 9.24. The number of rotatable bonds is 8. The van der Waals surface area contributed by atoms with Crippen molar-refractivity contribution in [3.63, 3.8) is 0 Å². The quantitative estimate of drug-likeness (QED) is 0.422. The Labute approximate surface area is 151 Å². The molecule has 0 atom stereocenters. The van der Waals surface area contributed by atoms with E-state index in [-0.39, 0.29) is 5.41 Å². The SMILES string of the molecule is CCCCCCCC1CCC(C2CCC(C#N)(C(C)C)CC2)CC1. The largest absolute Gasteiger partial charge is 0.198 e. The molecule has 0 aliphatic heterocycles. The van der Waals surface area contributed by atoms with Crippen molar-refractivity contribution in [2.24, 2.45) is 29.1 Å². The first-order chi connectivity index (χ1) is 11.6. The lowest BCUT2D eigenvalue weighted by molar-refractivity contribution is 0.0959. The van der Waals surface area contributed by atoms with Crippen molar-refractivity contribution in [2.75, 3.05) is 0 Å². The highest BCUT2D eigenvalue weighted by Crippen LogP contribution is 2.48. The number of unbranched alkanes of at least 4 members (excludes halogenated alkanes) is 4. The van der Waals surface area contributed by atoms with Crippen LogP contribution < -0.4 is 0 Å². The maximum absolute atomic E-state index is 9.63. The highest BCUT2D eigenvalue weighted by atomic mass is 14.5. The molecule has 2 saturated carbocycles. The van der Waals surface area contributed by atoms with E-state index in [0.29, 0.717) is 5.92 Å². The van der Waals surface area contributed by atoms with Crippen LogP contribution in [0.15, 0.2) is 0 Å². The highest BCUT2D eigenvalue weighted by Gasteiger charge is 2.40. The summed E-state index contributed by atoms with van der Waals surface area (Å²) in [4.78, 5) is 0. The fourth-order valence-electron chi connectivity index (χ4n) is 5.43. The van der Waals surface area contributed by atoms with Gasteiger partial charge in [-0.1, -0.05) is 72.1 Å². The van der Waals surface area contributed by atoms with Gasteiger partial charge in [0.15, 0.2) is 0 Å². The summed E-state index contributed by atoms with van der Waals surface area (Å²) in [6.45, 7) is 6.79. The lowest BCUT2D eigenvalue weighted by atomic mass is 9.61. The van der Waals surface area contributed by atoms with Crippen LogP contribution >= 0.6 is 0 Å². The molecule has 0 unspecified atom stereocenters. The van der Waals surface area contributed by atoms with E-state index < -0.39 is 0 Å². The second kappa shape index (κ2) is 9.84. The van der Waals surface area contributed by atoms with Crippen LogP contribution in [0.25, 0.3) is 0 Å². The van der Waals surface area contributed by atoms with Gasteiger partial charge < -0.3 is 0 Å². The van der Waals surface area contributed by atoms with Gasteiger partial charge in [-0.25, -0.2) is 0 Å². The van der Waals surface area contributed by atoms with Crippen molar-refractivity contribution in [1.29, 1.82) is 5.26 Å². The van der Waals surface area contributed by atoms with E-state index in [4.69, 9.17) is 0 Å². The van der Waals surface area contributed by atoms with E-state index in [9.17, 15) is 5.26 Å². The molecule has 0 saturated heterocycles. The number of nitriles is 1. The topological polar surface area (TPSA) is 23.8 Å². The van der Waals surface area contributed by atoms with Crippen molar-refractivity contribution in [3.8, 4) is 6.07 Å². The molecule has 1 nitrogen and oxygen atoms in total. The summed E-state index contributed by atoms with van der Waals surface area (Å²) in [5.74, 6) is 3.45. The van der Waals surface area contributed by atoms with Crippen LogP contribution in [0.4, 0.5) is 0 Å². The molecule has 0 spiro atoms. The van der Waals surface area contributed by atoms with Crippen molar-refractivity contribution in [3.05, 3.63) is 0 Å². The van der Waals surface area contributed by atoms with Crippen LogP contribution in [0.3, 0.4) is 0 Å². The van der Waals surface area contributed by atoms with E-state index in [2.05, 4.69) is 26.8 Å². The molecule has 0 amide bonds. The van der Waals surface area contributed by atoms with E-state index in [1.54, 1.807) is 0 Å². The minimum absolute atomic E-state index is 0.00775. The van der Waals surface area contributed by atoms with Gasteiger partial charge in [0.2, 0.25) is 0 Å². The highest BCUT2D eigenvalue weighted by molar-refractivity contribution is 5.04. The Kier molecular flexibility index (Phi) is 8.12. The first-order valence-corrected chi connectivity index (χ1v) is 11.0. The van der Waals surface area contributed by atoms with Gasteiger partial charge in [0.05, 0.1) is 11.5 Å². The van der Waals surface area contributed by atoms with Crippen LogP contribution in [0.5, 0.6) is 0 Å². The Morgan fingerprint density at radius 3 is 2.00 bits per heavy atom. The molecule has 0 aromatic heterocycles. The molecule has 2 aliphatic rings. The van der Waals surface area contributed by atoms with Crippen molar-refractivity contribution in [1.82, 2.24) is 0 Å². The first-order valence-electron chi connectivity index (χ1n) is 11.0. The Hall–Kier alpha value is -0.510. The van der Waals surface area contributed by atoms with Gasteiger partial charge in [-0.2, -0.15) is 5.26 Å². The third-order valence-corrected chi connectivity index (χ3v) is 7.52. The van der Waals surface area contributed by atoms with Crippen LogP contribution in [0.1, 0.15) is 111 Å². The maximum atomic E-state index is 9.63. The molecule has 2 rings (SSSR count). The third kappa shape index (κ3) is 5.24. The fourth-order valence-corrected chi connectivity index (χ4v) is 5.43. The summed E-state index contributed by atoms with van der Waals surface area (Å²) in [6, 6.07) is 2.69. The van der Waals surface area contributed by atoms with Gasteiger partial charge in [-0.15, -0.1) is 0 Å². The van der Waals surface area contributed by atoms with E-state index in [1.807, 2.05) is 0 Å². The fraction of sp³-hybridized carbons (Fsp3) is 0.957. The summed E-state index contributed by atoms with van der Waals surface area (Å²) >= 11 is 0. The molecule has 0 bridgehead atoms. The van der Waals surface area contributed by atoms with Gasteiger partial charge >= 0.3 is 0 Å². The van der Waals surface area contributed by atoms with Crippen LogP contribution in [-0.2, 0) is 0 Å². The monoisotopic (exact) mass is 331 g/mol. The smallest absolute Gasteiger partial charge is 0.0692 e. The lowest BCUT2D eigenvalue weighted by Crippen LogP contribution is -2.34. The summed E-state index contributed by atoms with van der Waals surface area (Å²) < 4.78 is 0. The average molecular weight is 332 g/mol. The van der Waals surface area contributed by atoms with Gasteiger partial charge in [0.1, 0.15) is 0 Å². The standard InChI is InChI=1S/C23H41N/c1-4-5-6-7-8-9-20-10-12-21(13-11-20)22-14-16-23(18-24,17-15-22)19(2)3/h19-22H,4-17H2,1-3H3. The molecular weight excluding hydrogens is 290 g/mol. The zero-order chi connectivity index (χ0) is 17.4. The Morgan fingerprint density at radius 2 is 1.46 bits per heavy atom. The van der Waals surface area contributed by atoms with E-state index >= 15 is 0 Å². The zero-order valence-electron chi connectivity index (χ0n) is 16.7. The van der Waals surface area contributed by atoms with Crippen molar-refractivity contribution >= 4 is 0 Å².